The summed E-state index contributed by atoms with van der Waals surface area (Å²) in [6.07, 6.45) is 2.91. The Hall–Kier alpha value is -2.67. The van der Waals surface area contributed by atoms with Crippen LogP contribution in [0.3, 0.4) is 0 Å². The van der Waals surface area contributed by atoms with Crippen LogP contribution >= 0.6 is 0 Å². The standard InChI is InChI=1S/C20H24N4O3/c25-19(15-6-2-1-3-7-15)24-9-5-4-8-18(24)16-14-17(22-21-16)20(26)23-10-12-27-13-11-23/h1-3,6-7,14,18H,4-5,8-13H2,(H,21,22). The van der Waals surface area contributed by atoms with Gasteiger partial charge in [0.25, 0.3) is 11.8 Å². The number of aromatic nitrogens is 2. The number of rotatable bonds is 3. The van der Waals surface area contributed by atoms with Crippen LogP contribution < -0.4 is 0 Å². The number of aromatic amines is 1. The maximum absolute atomic E-state index is 13.0. The van der Waals surface area contributed by atoms with Crippen LogP contribution in [0, 0.1) is 0 Å². The van der Waals surface area contributed by atoms with Gasteiger partial charge in [-0.1, -0.05) is 18.2 Å². The van der Waals surface area contributed by atoms with Gasteiger partial charge in [0.2, 0.25) is 0 Å². The molecule has 7 nitrogen and oxygen atoms in total. The quantitative estimate of drug-likeness (QED) is 0.901. The molecule has 27 heavy (non-hydrogen) atoms. The van der Waals surface area contributed by atoms with E-state index in [-0.39, 0.29) is 17.9 Å². The van der Waals surface area contributed by atoms with Gasteiger partial charge in [-0.2, -0.15) is 5.10 Å². The lowest BCUT2D eigenvalue weighted by atomic mass is 9.98. The number of carbonyl (C=O) groups excluding carboxylic acids is 2. The van der Waals surface area contributed by atoms with Gasteiger partial charge in [0.15, 0.2) is 0 Å². The Balaban J connectivity index is 1.53. The fraction of sp³-hybridized carbons (Fsp3) is 0.450. The monoisotopic (exact) mass is 368 g/mol. The van der Waals surface area contributed by atoms with E-state index in [2.05, 4.69) is 10.2 Å². The fourth-order valence-electron chi connectivity index (χ4n) is 3.79. The molecule has 1 unspecified atom stereocenters. The van der Waals surface area contributed by atoms with Gasteiger partial charge in [0, 0.05) is 25.2 Å². The van der Waals surface area contributed by atoms with Gasteiger partial charge < -0.3 is 14.5 Å². The lowest BCUT2D eigenvalue weighted by Crippen LogP contribution is -2.40. The number of piperidine rings is 1. The second kappa shape index (κ2) is 7.92. The topological polar surface area (TPSA) is 78.5 Å². The average molecular weight is 368 g/mol. The van der Waals surface area contributed by atoms with E-state index >= 15 is 0 Å². The smallest absolute Gasteiger partial charge is 0.274 e. The molecule has 2 fully saturated rings. The van der Waals surface area contributed by atoms with E-state index in [1.165, 1.54) is 0 Å². The maximum atomic E-state index is 13.0. The summed E-state index contributed by atoms with van der Waals surface area (Å²) < 4.78 is 5.30. The first kappa shape index (κ1) is 17.7. The molecule has 1 N–H and O–H groups in total. The zero-order valence-electron chi connectivity index (χ0n) is 15.3. The number of nitrogens with zero attached hydrogens (tertiary/aromatic N) is 3. The van der Waals surface area contributed by atoms with Gasteiger partial charge in [-0.15, -0.1) is 0 Å². The van der Waals surface area contributed by atoms with Crippen LogP contribution in [0.5, 0.6) is 0 Å². The number of benzene rings is 1. The normalized spacial score (nSPS) is 20.5. The molecule has 7 heteroatoms. The van der Waals surface area contributed by atoms with Crippen LogP contribution in [0.4, 0.5) is 0 Å². The van der Waals surface area contributed by atoms with E-state index in [9.17, 15) is 9.59 Å². The number of amides is 2. The van der Waals surface area contributed by atoms with Crippen molar-refractivity contribution in [3.05, 3.63) is 53.3 Å². The highest BCUT2D eigenvalue weighted by Gasteiger charge is 2.31. The zero-order valence-corrected chi connectivity index (χ0v) is 15.3. The molecule has 1 atom stereocenters. The molecule has 0 bridgehead atoms. The number of ether oxygens (including phenoxy) is 1. The van der Waals surface area contributed by atoms with Gasteiger partial charge in [-0.05, 0) is 37.5 Å². The summed E-state index contributed by atoms with van der Waals surface area (Å²) in [6, 6.07) is 11.1. The van der Waals surface area contributed by atoms with Crippen LogP contribution in [-0.4, -0.2) is 64.7 Å². The summed E-state index contributed by atoms with van der Waals surface area (Å²) in [6.45, 7) is 3.01. The number of hydrogen-bond acceptors (Lipinski definition) is 4. The van der Waals surface area contributed by atoms with Crippen LogP contribution in [0.2, 0.25) is 0 Å². The molecule has 2 aliphatic heterocycles. The third kappa shape index (κ3) is 3.73. The Bertz CT molecular complexity index is 799. The number of hydrogen-bond donors (Lipinski definition) is 1. The number of H-pyrrole nitrogens is 1. The average Bonchev–Trinajstić information content (AvgIpc) is 3.24. The molecule has 0 radical (unpaired) electrons. The van der Waals surface area contributed by atoms with E-state index < -0.39 is 0 Å². The summed E-state index contributed by atoms with van der Waals surface area (Å²) in [5, 5.41) is 7.25. The Morgan fingerprint density at radius 3 is 2.59 bits per heavy atom. The Labute approximate surface area is 158 Å². The van der Waals surface area contributed by atoms with Crippen molar-refractivity contribution in [1.82, 2.24) is 20.0 Å². The molecule has 1 aromatic carbocycles. The fourth-order valence-corrected chi connectivity index (χ4v) is 3.79. The molecule has 142 valence electrons. The first-order chi connectivity index (χ1) is 13.2. The second-order valence-corrected chi connectivity index (χ2v) is 6.99. The minimum absolute atomic E-state index is 0.0240. The highest BCUT2D eigenvalue weighted by molar-refractivity contribution is 5.95. The first-order valence-electron chi connectivity index (χ1n) is 9.52. The zero-order chi connectivity index (χ0) is 18.6. The largest absolute Gasteiger partial charge is 0.378 e. The number of carbonyl (C=O) groups is 2. The molecular formula is C20H24N4O3. The third-order valence-corrected chi connectivity index (χ3v) is 5.26. The Kier molecular flexibility index (Phi) is 5.20. The lowest BCUT2D eigenvalue weighted by Gasteiger charge is -2.35. The number of likely N-dealkylation sites (tertiary alicyclic amines) is 1. The van der Waals surface area contributed by atoms with Crippen molar-refractivity contribution in [2.75, 3.05) is 32.8 Å². The molecule has 0 saturated carbocycles. The van der Waals surface area contributed by atoms with Crippen molar-refractivity contribution in [3.8, 4) is 0 Å². The predicted molar refractivity (Wildman–Crippen MR) is 99.4 cm³/mol. The minimum atomic E-state index is -0.0856. The molecule has 0 aliphatic carbocycles. The third-order valence-electron chi connectivity index (χ3n) is 5.26. The van der Waals surface area contributed by atoms with E-state index in [0.717, 1.165) is 25.0 Å². The van der Waals surface area contributed by atoms with E-state index in [4.69, 9.17) is 4.74 Å². The van der Waals surface area contributed by atoms with E-state index in [1.54, 1.807) is 11.0 Å². The Morgan fingerprint density at radius 2 is 1.81 bits per heavy atom. The summed E-state index contributed by atoms with van der Waals surface area (Å²) in [5.41, 5.74) is 1.92. The van der Waals surface area contributed by atoms with Crippen LogP contribution in [0.15, 0.2) is 36.4 Å². The molecular weight excluding hydrogens is 344 g/mol. The van der Waals surface area contributed by atoms with Crippen LogP contribution in [0.1, 0.15) is 51.8 Å². The molecule has 0 spiro atoms. The number of nitrogens with one attached hydrogen (secondary N) is 1. The molecule has 4 rings (SSSR count). The van der Waals surface area contributed by atoms with Gasteiger partial charge >= 0.3 is 0 Å². The van der Waals surface area contributed by atoms with Crippen molar-refractivity contribution in [2.45, 2.75) is 25.3 Å². The summed E-state index contributed by atoms with van der Waals surface area (Å²) >= 11 is 0. The van der Waals surface area contributed by atoms with Crippen molar-refractivity contribution in [1.29, 1.82) is 0 Å². The molecule has 2 amide bonds. The summed E-state index contributed by atoms with van der Waals surface area (Å²) in [5.74, 6) is -0.0616. The summed E-state index contributed by atoms with van der Waals surface area (Å²) in [4.78, 5) is 29.3. The highest BCUT2D eigenvalue weighted by Crippen LogP contribution is 2.31. The maximum Gasteiger partial charge on any atom is 0.274 e. The van der Waals surface area contributed by atoms with Crippen molar-refractivity contribution in [2.24, 2.45) is 0 Å². The molecule has 2 aromatic rings. The van der Waals surface area contributed by atoms with Gasteiger partial charge in [-0.25, -0.2) is 0 Å². The summed E-state index contributed by atoms with van der Waals surface area (Å²) in [7, 11) is 0. The SMILES string of the molecule is O=C(c1cc(C2CCCCN2C(=O)c2ccccc2)[nH]n1)N1CCOCC1. The van der Waals surface area contributed by atoms with Crippen molar-refractivity contribution >= 4 is 11.8 Å². The van der Waals surface area contributed by atoms with Gasteiger partial charge in [-0.3, -0.25) is 14.7 Å². The van der Waals surface area contributed by atoms with E-state index in [1.807, 2.05) is 35.2 Å². The van der Waals surface area contributed by atoms with Crippen molar-refractivity contribution in [3.63, 3.8) is 0 Å². The predicted octanol–water partition coefficient (Wildman–Crippen LogP) is 2.25. The van der Waals surface area contributed by atoms with Crippen LogP contribution in [0.25, 0.3) is 0 Å². The lowest BCUT2D eigenvalue weighted by molar-refractivity contribution is 0.0299. The molecule has 2 saturated heterocycles. The number of morpholine rings is 1. The molecule has 1 aromatic heterocycles. The molecule has 2 aliphatic rings. The van der Waals surface area contributed by atoms with Crippen molar-refractivity contribution < 1.29 is 14.3 Å². The van der Waals surface area contributed by atoms with E-state index in [0.29, 0.717) is 44.1 Å². The Morgan fingerprint density at radius 1 is 1.04 bits per heavy atom. The highest BCUT2D eigenvalue weighted by atomic mass is 16.5. The molecule has 3 heterocycles. The van der Waals surface area contributed by atoms with Gasteiger partial charge in [0.05, 0.1) is 24.9 Å². The van der Waals surface area contributed by atoms with Crippen LogP contribution in [-0.2, 0) is 4.74 Å². The first-order valence-corrected chi connectivity index (χ1v) is 9.52. The second-order valence-electron chi connectivity index (χ2n) is 6.99. The minimum Gasteiger partial charge on any atom is -0.378 e. The van der Waals surface area contributed by atoms with Gasteiger partial charge in [0.1, 0.15) is 5.69 Å².